The van der Waals surface area contributed by atoms with Gasteiger partial charge in [-0.1, -0.05) is 65.8 Å². The maximum atomic E-state index is 13.1. The Morgan fingerprint density at radius 2 is 1.45 bits per heavy atom. The first-order valence-electron chi connectivity index (χ1n) is 10.6. The summed E-state index contributed by atoms with van der Waals surface area (Å²) in [6.07, 6.45) is -3.86. The molecule has 0 unspecified atom stereocenters. The van der Waals surface area contributed by atoms with Gasteiger partial charge in [-0.15, -0.1) is 0 Å². The Kier molecular flexibility index (Phi) is 3.94. The molecule has 4 aliphatic rings. The Balaban J connectivity index is 1.16. The molecule has 2 heterocycles. The molecule has 1 saturated heterocycles. The molecule has 0 amide bonds. The van der Waals surface area contributed by atoms with Crippen molar-refractivity contribution in [1.29, 1.82) is 0 Å². The highest BCUT2D eigenvalue weighted by atomic mass is 19.4. The van der Waals surface area contributed by atoms with E-state index in [2.05, 4.69) is 39.3 Å². The van der Waals surface area contributed by atoms with E-state index in [1.54, 1.807) is 0 Å². The number of hydrogen-bond acceptors (Lipinski definition) is 4. The van der Waals surface area contributed by atoms with Gasteiger partial charge in [0.2, 0.25) is 5.89 Å². The molecule has 2 bridgehead atoms. The van der Waals surface area contributed by atoms with Crippen LogP contribution in [0.5, 0.6) is 0 Å². The third-order valence-corrected chi connectivity index (χ3v) is 7.40. The zero-order valence-corrected chi connectivity index (χ0v) is 16.8. The van der Waals surface area contributed by atoms with Crippen LogP contribution < -0.4 is 0 Å². The predicted octanol–water partition coefficient (Wildman–Crippen LogP) is 5.24. The highest BCUT2D eigenvalue weighted by Crippen LogP contribution is 2.78. The van der Waals surface area contributed by atoms with Crippen molar-refractivity contribution in [2.45, 2.75) is 42.8 Å². The molecule has 160 valence electrons. The van der Waals surface area contributed by atoms with Crippen LogP contribution in [0.3, 0.4) is 0 Å². The summed E-state index contributed by atoms with van der Waals surface area (Å²) >= 11 is 0. The van der Waals surface area contributed by atoms with Crippen LogP contribution in [-0.2, 0) is 5.41 Å². The first-order chi connectivity index (χ1) is 14.9. The first-order valence-corrected chi connectivity index (χ1v) is 10.6. The Hall–Kier alpha value is -2.67. The minimum Gasteiger partial charge on any atom is -0.339 e. The number of hydrogen-bond donors (Lipinski definition) is 0. The van der Waals surface area contributed by atoms with Gasteiger partial charge >= 0.3 is 6.18 Å². The lowest BCUT2D eigenvalue weighted by Gasteiger charge is -2.68. The number of alkyl halides is 3. The fraction of sp³-hybridized carbons (Fsp3) is 0.417. The molecule has 3 saturated carbocycles. The van der Waals surface area contributed by atoms with Crippen molar-refractivity contribution in [3.05, 3.63) is 83.5 Å². The average Bonchev–Trinajstić information content (AvgIpc) is 3.11. The maximum absolute atomic E-state index is 13.1. The number of benzene rings is 2. The van der Waals surface area contributed by atoms with Gasteiger partial charge < -0.3 is 4.52 Å². The predicted molar refractivity (Wildman–Crippen MR) is 107 cm³/mol. The molecule has 2 aromatic carbocycles. The topological polar surface area (TPSA) is 42.2 Å². The minimum absolute atomic E-state index is 0.0893. The molecule has 3 aromatic rings. The number of likely N-dealkylation sites (tertiary alicyclic amines) is 1. The van der Waals surface area contributed by atoms with Crippen LogP contribution in [0.4, 0.5) is 13.2 Å². The van der Waals surface area contributed by atoms with E-state index in [4.69, 9.17) is 4.52 Å². The maximum Gasteiger partial charge on any atom is 0.394 e. The molecular weight excluding hydrogens is 403 g/mol. The third kappa shape index (κ3) is 2.79. The molecule has 1 aromatic heterocycles. The van der Waals surface area contributed by atoms with Crippen molar-refractivity contribution in [2.75, 3.05) is 13.1 Å². The van der Waals surface area contributed by atoms with Crippen molar-refractivity contribution in [1.82, 2.24) is 15.0 Å². The van der Waals surface area contributed by atoms with Gasteiger partial charge in [0.05, 0.1) is 16.9 Å². The molecule has 0 atom stereocenters. The fourth-order valence-electron chi connectivity index (χ4n) is 5.70. The number of halogens is 3. The van der Waals surface area contributed by atoms with E-state index in [1.807, 2.05) is 36.4 Å². The van der Waals surface area contributed by atoms with Gasteiger partial charge in [0, 0.05) is 19.0 Å². The highest BCUT2D eigenvalue weighted by molar-refractivity contribution is 5.34. The third-order valence-electron chi connectivity index (χ3n) is 7.40. The second-order valence-corrected chi connectivity index (χ2v) is 9.42. The van der Waals surface area contributed by atoms with E-state index in [-0.39, 0.29) is 31.2 Å². The highest BCUT2D eigenvalue weighted by Gasteiger charge is 2.80. The molecule has 4 nitrogen and oxygen atoms in total. The lowest BCUT2D eigenvalue weighted by Crippen LogP contribution is -2.70. The van der Waals surface area contributed by atoms with Crippen LogP contribution in [0, 0.1) is 5.41 Å². The Labute approximate surface area is 178 Å². The quantitative estimate of drug-likeness (QED) is 0.561. The fourth-order valence-corrected chi connectivity index (χ4v) is 5.70. The van der Waals surface area contributed by atoms with Gasteiger partial charge in [-0.2, -0.15) is 18.2 Å². The van der Waals surface area contributed by atoms with Gasteiger partial charge in [-0.05, 0) is 30.4 Å². The van der Waals surface area contributed by atoms with E-state index in [9.17, 15) is 13.2 Å². The van der Waals surface area contributed by atoms with Crippen LogP contribution in [0.25, 0.3) is 0 Å². The minimum atomic E-state index is -4.13. The summed E-state index contributed by atoms with van der Waals surface area (Å²) in [4.78, 5) is 6.92. The zero-order valence-electron chi connectivity index (χ0n) is 16.8. The first kappa shape index (κ1) is 19.0. The molecule has 7 heteroatoms. The van der Waals surface area contributed by atoms with Crippen LogP contribution >= 0.6 is 0 Å². The van der Waals surface area contributed by atoms with Gasteiger partial charge in [0.25, 0.3) is 0 Å². The number of nitrogens with zero attached hydrogens (tertiary/aromatic N) is 3. The summed E-state index contributed by atoms with van der Waals surface area (Å²) in [5.74, 6) is 1.16. The van der Waals surface area contributed by atoms with E-state index in [0.717, 1.165) is 13.1 Å². The molecule has 0 N–H and O–H groups in total. The Bertz CT molecular complexity index is 1030. The molecule has 31 heavy (non-hydrogen) atoms. The van der Waals surface area contributed by atoms with E-state index in [1.165, 1.54) is 11.1 Å². The lowest BCUT2D eigenvalue weighted by molar-refractivity contribution is -0.341. The normalized spacial score (nSPS) is 28.1. The van der Waals surface area contributed by atoms with Gasteiger partial charge in [0.15, 0.2) is 5.82 Å². The summed E-state index contributed by atoms with van der Waals surface area (Å²) in [7, 11) is 0. The van der Waals surface area contributed by atoms with E-state index in [0.29, 0.717) is 11.7 Å². The molecule has 3 aliphatic carbocycles. The standard InChI is InChI=1S/C24H22F3N3O/c25-24(26,27)23-13-22(14-23,15-23)21-28-20(29-31-21)18-11-30(12-18)19(16-7-3-1-4-8-16)17-9-5-2-6-10-17/h1-10,18-19H,11-15H2. The van der Waals surface area contributed by atoms with E-state index >= 15 is 0 Å². The van der Waals surface area contributed by atoms with Crippen LogP contribution in [0.1, 0.15) is 54.1 Å². The molecule has 0 spiro atoms. The SMILES string of the molecule is FC(F)(F)C12CC(c3nc(C4CN(C(c5ccccc5)c5ccccc5)C4)no3)(C1)C2. The van der Waals surface area contributed by atoms with Crippen molar-refractivity contribution in [2.24, 2.45) is 5.41 Å². The molecule has 0 radical (unpaired) electrons. The average molecular weight is 425 g/mol. The monoisotopic (exact) mass is 425 g/mol. The molecule has 7 rings (SSSR count). The van der Waals surface area contributed by atoms with Crippen molar-refractivity contribution >= 4 is 0 Å². The second kappa shape index (κ2) is 6.42. The lowest BCUT2D eigenvalue weighted by atomic mass is 9.34. The van der Waals surface area contributed by atoms with Crippen molar-refractivity contribution in [3.63, 3.8) is 0 Å². The van der Waals surface area contributed by atoms with Crippen molar-refractivity contribution in [3.8, 4) is 0 Å². The summed E-state index contributed by atoms with van der Waals surface area (Å²) in [5.41, 5.74) is 0.411. The molecular formula is C24H22F3N3O. The van der Waals surface area contributed by atoms with Crippen LogP contribution in [-0.4, -0.2) is 34.3 Å². The van der Waals surface area contributed by atoms with Crippen molar-refractivity contribution < 1.29 is 17.7 Å². The second-order valence-electron chi connectivity index (χ2n) is 9.42. The Morgan fingerprint density at radius 3 is 1.97 bits per heavy atom. The molecule has 4 fully saturated rings. The summed E-state index contributed by atoms with van der Waals surface area (Å²) in [6.45, 7) is 1.57. The summed E-state index contributed by atoms with van der Waals surface area (Å²) < 4.78 is 44.8. The smallest absolute Gasteiger partial charge is 0.339 e. The Morgan fingerprint density at radius 1 is 0.903 bits per heavy atom. The molecule has 1 aliphatic heterocycles. The largest absolute Gasteiger partial charge is 0.394 e. The number of aromatic nitrogens is 2. The van der Waals surface area contributed by atoms with Gasteiger partial charge in [-0.25, -0.2) is 0 Å². The van der Waals surface area contributed by atoms with Crippen LogP contribution in [0.2, 0.25) is 0 Å². The number of rotatable bonds is 5. The summed E-state index contributed by atoms with van der Waals surface area (Å²) in [5, 5.41) is 4.14. The summed E-state index contributed by atoms with van der Waals surface area (Å²) in [6, 6.07) is 20.9. The van der Waals surface area contributed by atoms with Crippen LogP contribution in [0.15, 0.2) is 65.2 Å². The van der Waals surface area contributed by atoms with Gasteiger partial charge in [-0.3, -0.25) is 4.90 Å². The zero-order chi connectivity index (χ0) is 21.3. The van der Waals surface area contributed by atoms with E-state index < -0.39 is 17.0 Å². The van der Waals surface area contributed by atoms with Gasteiger partial charge in [0.1, 0.15) is 0 Å².